The van der Waals surface area contributed by atoms with Crippen LogP contribution in [0, 0.1) is 0 Å². The molecule has 6 heteroatoms. The fourth-order valence-corrected chi connectivity index (χ4v) is 2.93. The van der Waals surface area contributed by atoms with Gasteiger partial charge in [-0.05, 0) is 32.1 Å². The van der Waals surface area contributed by atoms with Crippen molar-refractivity contribution >= 4 is 23.2 Å². The van der Waals surface area contributed by atoms with Gasteiger partial charge in [-0.25, -0.2) is 4.98 Å². The number of aryl methyl sites for hydroxylation is 1. The first-order chi connectivity index (χ1) is 9.20. The molecule has 2 N–H and O–H groups in total. The van der Waals surface area contributed by atoms with E-state index in [0.29, 0.717) is 18.7 Å². The van der Waals surface area contributed by atoms with Gasteiger partial charge in [-0.15, -0.1) is 11.3 Å². The molecule has 0 spiro atoms. The van der Waals surface area contributed by atoms with Crippen LogP contribution >= 0.6 is 11.3 Å². The first-order valence-corrected chi connectivity index (χ1v) is 7.61. The van der Waals surface area contributed by atoms with Crippen LogP contribution in [-0.2, 0) is 11.2 Å². The van der Waals surface area contributed by atoms with Crippen LogP contribution in [0.5, 0.6) is 0 Å². The third kappa shape index (κ3) is 3.76. The third-order valence-corrected chi connectivity index (χ3v) is 4.00. The van der Waals surface area contributed by atoms with Crippen LogP contribution in [0.15, 0.2) is 5.38 Å². The summed E-state index contributed by atoms with van der Waals surface area (Å²) in [6.07, 6.45) is 4.52. The molecule has 1 atom stereocenters. The van der Waals surface area contributed by atoms with E-state index < -0.39 is 6.04 Å². The molecule has 5 nitrogen and oxygen atoms in total. The molecule has 0 saturated carbocycles. The number of thiazole rings is 1. The average molecular weight is 281 g/mol. The highest BCUT2D eigenvalue weighted by atomic mass is 32.1. The van der Waals surface area contributed by atoms with Crippen molar-refractivity contribution in [3.05, 3.63) is 16.1 Å². The Morgan fingerprint density at radius 1 is 1.58 bits per heavy atom. The highest BCUT2D eigenvalue weighted by molar-refractivity contribution is 7.09. The Balaban J connectivity index is 1.96. The van der Waals surface area contributed by atoms with Crippen LogP contribution in [-0.4, -0.2) is 29.4 Å². The molecular formula is C13H19N3O2S. The first kappa shape index (κ1) is 14.0. The number of rotatable bonds is 4. The van der Waals surface area contributed by atoms with Crippen molar-refractivity contribution < 1.29 is 9.59 Å². The maximum atomic E-state index is 12.0. The van der Waals surface area contributed by atoms with E-state index in [1.165, 1.54) is 11.3 Å². The van der Waals surface area contributed by atoms with Crippen LogP contribution in [0.1, 0.15) is 48.1 Å². The molecule has 0 radical (unpaired) electrons. The number of hydrogen-bond donors (Lipinski definition) is 2. The number of nitrogens with zero attached hydrogens (tertiary/aromatic N) is 1. The Hall–Kier alpha value is -1.43. The van der Waals surface area contributed by atoms with Crippen LogP contribution in [0.2, 0.25) is 0 Å². The van der Waals surface area contributed by atoms with Crippen LogP contribution in [0.3, 0.4) is 0 Å². The number of amides is 2. The summed E-state index contributed by atoms with van der Waals surface area (Å²) in [6.45, 7) is 2.78. The molecule has 1 aliphatic heterocycles. The van der Waals surface area contributed by atoms with Crippen molar-refractivity contribution in [2.24, 2.45) is 0 Å². The standard InChI is InChI=1S/C13H19N3O2S/c1-2-5-11-15-10(8-19-11)13(18)16-9-6-3-4-7-14-12(9)17/h8-9H,2-7H2,1H3,(H,14,17)(H,16,18)/t9-/m0/s1. The van der Waals surface area contributed by atoms with E-state index in [2.05, 4.69) is 22.5 Å². The number of carbonyl (C=O) groups excluding carboxylic acids is 2. The van der Waals surface area contributed by atoms with Gasteiger partial charge in [-0.3, -0.25) is 9.59 Å². The van der Waals surface area contributed by atoms with E-state index in [9.17, 15) is 9.59 Å². The second-order valence-corrected chi connectivity index (χ2v) is 5.63. The maximum absolute atomic E-state index is 12.0. The molecule has 1 saturated heterocycles. The number of carbonyl (C=O) groups is 2. The lowest BCUT2D eigenvalue weighted by Crippen LogP contribution is -2.45. The second-order valence-electron chi connectivity index (χ2n) is 4.69. The Bertz CT molecular complexity index is 458. The number of hydrogen-bond acceptors (Lipinski definition) is 4. The summed E-state index contributed by atoms with van der Waals surface area (Å²) in [4.78, 5) is 28.1. The summed E-state index contributed by atoms with van der Waals surface area (Å²) < 4.78 is 0. The van der Waals surface area contributed by atoms with E-state index in [4.69, 9.17) is 0 Å². The lowest BCUT2D eigenvalue weighted by Gasteiger charge is -2.14. The van der Waals surface area contributed by atoms with Crippen molar-refractivity contribution in [1.29, 1.82) is 0 Å². The average Bonchev–Trinajstić information content (AvgIpc) is 2.77. The van der Waals surface area contributed by atoms with Gasteiger partial charge in [-0.2, -0.15) is 0 Å². The third-order valence-electron chi connectivity index (χ3n) is 3.09. The van der Waals surface area contributed by atoms with Crippen molar-refractivity contribution in [1.82, 2.24) is 15.6 Å². The zero-order valence-electron chi connectivity index (χ0n) is 11.1. The summed E-state index contributed by atoms with van der Waals surface area (Å²) in [5.74, 6) is -0.337. The van der Waals surface area contributed by atoms with Crippen LogP contribution < -0.4 is 10.6 Å². The van der Waals surface area contributed by atoms with Crippen LogP contribution in [0.25, 0.3) is 0 Å². The van der Waals surface area contributed by atoms with Crippen molar-refractivity contribution in [2.45, 2.75) is 45.1 Å². The van der Waals surface area contributed by atoms with Crippen molar-refractivity contribution in [2.75, 3.05) is 6.54 Å². The predicted octanol–water partition coefficient (Wildman–Crippen LogP) is 1.49. The molecule has 2 heterocycles. The van der Waals surface area contributed by atoms with E-state index in [1.807, 2.05) is 0 Å². The molecular weight excluding hydrogens is 262 g/mol. The maximum Gasteiger partial charge on any atom is 0.271 e. The summed E-state index contributed by atoms with van der Waals surface area (Å²) >= 11 is 1.50. The highest BCUT2D eigenvalue weighted by Crippen LogP contribution is 2.12. The molecule has 1 aliphatic rings. The zero-order chi connectivity index (χ0) is 13.7. The molecule has 2 amide bonds. The Kier molecular flexibility index (Phi) is 4.90. The largest absolute Gasteiger partial charge is 0.354 e. The van der Waals surface area contributed by atoms with Crippen molar-refractivity contribution in [3.63, 3.8) is 0 Å². The van der Waals surface area contributed by atoms with E-state index in [-0.39, 0.29) is 11.8 Å². The molecule has 2 rings (SSSR count). The van der Waals surface area contributed by atoms with Gasteiger partial charge < -0.3 is 10.6 Å². The lowest BCUT2D eigenvalue weighted by molar-refractivity contribution is -0.122. The normalized spacial score (nSPS) is 19.6. The van der Waals surface area contributed by atoms with E-state index >= 15 is 0 Å². The van der Waals surface area contributed by atoms with Gasteiger partial charge in [0.2, 0.25) is 5.91 Å². The molecule has 0 bridgehead atoms. The molecule has 1 aromatic heterocycles. The quantitative estimate of drug-likeness (QED) is 0.878. The summed E-state index contributed by atoms with van der Waals surface area (Å²) in [5, 5.41) is 8.31. The minimum absolute atomic E-state index is 0.0881. The van der Waals surface area contributed by atoms with Gasteiger partial charge in [-0.1, -0.05) is 6.92 Å². The van der Waals surface area contributed by atoms with Gasteiger partial charge in [0.15, 0.2) is 0 Å². The SMILES string of the molecule is CCCc1nc(C(=O)N[C@H]2CCCCNC2=O)cs1. The van der Waals surface area contributed by atoms with Gasteiger partial charge in [0.1, 0.15) is 11.7 Å². The Morgan fingerprint density at radius 3 is 3.21 bits per heavy atom. The Morgan fingerprint density at radius 2 is 2.42 bits per heavy atom. The van der Waals surface area contributed by atoms with E-state index in [1.54, 1.807) is 5.38 Å². The van der Waals surface area contributed by atoms with Gasteiger partial charge in [0.05, 0.1) is 5.01 Å². The summed E-state index contributed by atoms with van der Waals surface area (Å²) in [6, 6.07) is -0.425. The van der Waals surface area contributed by atoms with Gasteiger partial charge in [0, 0.05) is 11.9 Å². The molecule has 1 fully saturated rings. The first-order valence-electron chi connectivity index (χ1n) is 6.73. The summed E-state index contributed by atoms with van der Waals surface area (Å²) in [7, 11) is 0. The molecule has 0 aliphatic carbocycles. The highest BCUT2D eigenvalue weighted by Gasteiger charge is 2.23. The lowest BCUT2D eigenvalue weighted by atomic mass is 10.1. The number of aromatic nitrogens is 1. The fraction of sp³-hybridized carbons (Fsp3) is 0.615. The van der Waals surface area contributed by atoms with Gasteiger partial charge >= 0.3 is 0 Å². The van der Waals surface area contributed by atoms with E-state index in [0.717, 1.165) is 30.7 Å². The molecule has 19 heavy (non-hydrogen) atoms. The fourth-order valence-electron chi connectivity index (χ4n) is 2.05. The summed E-state index contributed by atoms with van der Waals surface area (Å²) in [5.41, 5.74) is 0.422. The van der Waals surface area contributed by atoms with Gasteiger partial charge in [0.25, 0.3) is 5.91 Å². The monoisotopic (exact) mass is 281 g/mol. The Labute approximate surface area is 116 Å². The number of nitrogens with one attached hydrogen (secondary N) is 2. The second kappa shape index (κ2) is 6.65. The molecule has 104 valence electrons. The minimum Gasteiger partial charge on any atom is -0.354 e. The molecule has 0 unspecified atom stereocenters. The van der Waals surface area contributed by atoms with Crippen LogP contribution in [0.4, 0.5) is 0 Å². The topological polar surface area (TPSA) is 71.1 Å². The smallest absolute Gasteiger partial charge is 0.271 e. The molecule has 0 aromatic carbocycles. The minimum atomic E-state index is -0.425. The predicted molar refractivity (Wildman–Crippen MR) is 74.2 cm³/mol. The molecule has 1 aromatic rings. The van der Waals surface area contributed by atoms with Crippen molar-refractivity contribution in [3.8, 4) is 0 Å². The zero-order valence-corrected chi connectivity index (χ0v) is 11.9.